The van der Waals surface area contributed by atoms with Gasteiger partial charge in [-0.25, -0.2) is 21.6 Å². The normalized spacial score (nSPS) is 26.3. The lowest BCUT2D eigenvalue weighted by atomic mass is 9.93. The number of carbonyl (C=O) groups excluding carboxylic acids is 1. The van der Waals surface area contributed by atoms with Crippen molar-refractivity contribution in [3.8, 4) is 0 Å². The zero-order chi connectivity index (χ0) is 15.4. The van der Waals surface area contributed by atoms with Crippen LogP contribution in [0.2, 0.25) is 0 Å². The largest absolute Gasteiger partial charge is 0.334 e. The molecule has 114 valence electrons. The molecule has 2 unspecified atom stereocenters. The first-order chi connectivity index (χ1) is 9.77. The molecule has 2 aliphatic heterocycles. The Hall–Kier alpha value is -1.57. The zero-order valence-corrected chi connectivity index (χ0v) is 11.7. The lowest BCUT2D eigenvalue weighted by molar-refractivity contribution is -0.142. The number of likely N-dealkylation sites (tertiary alicyclic amines) is 1. The van der Waals surface area contributed by atoms with E-state index >= 15 is 0 Å². The van der Waals surface area contributed by atoms with Crippen LogP contribution < -0.4 is 0 Å². The third kappa shape index (κ3) is 2.52. The summed E-state index contributed by atoms with van der Waals surface area (Å²) in [5.41, 5.74) is -0.230. The van der Waals surface area contributed by atoms with Crippen LogP contribution >= 0.6 is 0 Å². The molecular weight excluding hydrogens is 307 g/mol. The van der Waals surface area contributed by atoms with Crippen LogP contribution in [0.15, 0.2) is 12.1 Å². The van der Waals surface area contributed by atoms with Crippen molar-refractivity contribution in [1.82, 2.24) is 4.90 Å². The van der Waals surface area contributed by atoms with E-state index in [1.54, 1.807) is 0 Å². The molecule has 2 fully saturated rings. The number of rotatable bonds is 2. The van der Waals surface area contributed by atoms with Gasteiger partial charge in [-0.1, -0.05) is 0 Å². The van der Waals surface area contributed by atoms with Crippen molar-refractivity contribution in [2.24, 2.45) is 0 Å². The molecule has 0 radical (unpaired) electrons. The molecule has 2 saturated heterocycles. The summed E-state index contributed by atoms with van der Waals surface area (Å²) in [6.45, 7) is 0. The van der Waals surface area contributed by atoms with Gasteiger partial charge in [0, 0.05) is 23.7 Å². The first-order valence-electron chi connectivity index (χ1n) is 6.42. The number of amides is 1. The van der Waals surface area contributed by atoms with Crippen molar-refractivity contribution >= 4 is 15.7 Å². The van der Waals surface area contributed by atoms with Crippen LogP contribution in [-0.2, 0) is 21.1 Å². The van der Waals surface area contributed by atoms with Crippen LogP contribution in [0.1, 0.15) is 12.0 Å². The van der Waals surface area contributed by atoms with E-state index in [0.717, 1.165) is 0 Å². The molecule has 2 bridgehead atoms. The number of sulfone groups is 1. The van der Waals surface area contributed by atoms with Crippen LogP contribution in [0.3, 0.4) is 0 Å². The van der Waals surface area contributed by atoms with Crippen LogP contribution in [0.25, 0.3) is 0 Å². The molecule has 0 spiro atoms. The fourth-order valence-corrected chi connectivity index (χ4v) is 4.91. The van der Waals surface area contributed by atoms with Gasteiger partial charge in [0.15, 0.2) is 21.5 Å². The van der Waals surface area contributed by atoms with Gasteiger partial charge in [0.25, 0.3) is 0 Å². The third-order valence-electron chi connectivity index (χ3n) is 3.94. The maximum Gasteiger partial charge on any atom is 0.227 e. The molecule has 3 rings (SSSR count). The molecule has 4 nitrogen and oxygen atoms in total. The molecule has 1 aromatic carbocycles. The molecule has 1 aromatic rings. The van der Waals surface area contributed by atoms with E-state index in [4.69, 9.17) is 0 Å². The Labute approximate surface area is 119 Å². The number of halogens is 3. The average molecular weight is 319 g/mol. The Morgan fingerprint density at radius 2 is 1.67 bits per heavy atom. The van der Waals surface area contributed by atoms with E-state index < -0.39 is 39.6 Å². The Balaban J connectivity index is 1.75. The minimum absolute atomic E-state index is 0.0878. The maximum absolute atomic E-state index is 13.5. The Bertz CT molecular complexity index is 702. The van der Waals surface area contributed by atoms with Gasteiger partial charge >= 0.3 is 0 Å². The highest BCUT2D eigenvalue weighted by Crippen LogP contribution is 2.34. The molecule has 0 saturated carbocycles. The predicted molar refractivity (Wildman–Crippen MR) is 67.7 cm³/mol. The molecule has 2 heterocycles. The van der Waals surface area contributed by atoms with E-state index in [1.807, 2.05) is 0 Å². The van der Waals surface area contributed by atoms with Crippen LogP contribution in [0.5, 0.6) is 0 Å². The van der Waals surface area contributed by atoms with Gasteiger partial charge in [-0.05, 0) is 12.5 Å². The van der Waals surface area contributed by atoms with E-state index in [9.17, 15) is 26.4 Å². The second-order valence-corrected chi connectivity index (χ2v) is 7.61. The molecule has 0 N–H and O–H groups in total. The summed E-state index contributed by atoms with van der Waals surface area (Å²) in [6, 6.07) is 0.304. The van der Waals surface area contributed by atoms with E-state index in [1.165, 1.54) is 4.90 Å². The van der Waals surface area contributed by atoms with Crippen molar-refractivity contribution < 1.29 is 26.4 Å². The molecule has 0 aliphatic carbocycles. The number of benzene rings is 1. The summed E-state index contributed by atoms with van der Waals surface area (Å²) in [5, 5.41) is 0. The van der Waals surface area contributed by atoms with Crippen molar-refractivity contribution in [3.05, 3.63) is 35.1 Å². The van der Waals surface area contributed by atoms with E-state index in [0.29, 0.717) is 18.6 Å². The second-order valence-electron chi connectivity index (χ2n) is 5.46. The molecule has 2 aliphatic rings. The van der Waals surface area contributed by atoms with Gasteiger partial charge in [-0.2, -0.15) is 0 Å². The summed E-state index contributed by atoms with van der Waals surface area (Å²) in [5.74, 6) is -4.15. The minimum atomic E-state index is -3.12. The van der Waals surface area contributed by atoms with Crippen LogP contribution in [-0.4, -0.2) is 42.8 Å². The topological polar surface area (TPSA) is 54.5 Å². The number of fused-ring (bicyclic) bond motifs is 2. The first-order valence-corrected chi connectivity index (χ1v) is 8.24. The van der Waals surface area contributed by atoms with Crippen LogP contribution in [0, 0.1) is 17.5 Å². The van der Waals surface area contributed by atoms with Crippen molar-refractivity contribution in [2.45, 2.75) is 24.9 Å². The second kappa shape index (κ2) is 4.72. The van der Waals surface area contributed by atoms with Crippen LogP contribution in [0.4, 0.5) is 13.2 Å². The van der Waals surface area contributed by atoms with Gasteiger partial charge < -0.3 is 4.90 Å². The highest BCUT2D eigenvalue weighted by Gasteiger charge is 2.49. The highest BCUT2D eigenvalue weighted by atomic mass is 32.2. The lowest BCUT2D eigenvalue weighted by Crippen LogP contribution is -2.67. The standard InChI is InChI=1S/C13H12F3NO3S/c14-10-4-12(16)11(15)1-7(10)2-13(18)17-8-3-9(17)6-21(19,20)5-8/h1,4,8-9H,2-3,5-6H2. The smallest absolute Gasteiger partial charge is 0.227 e. The average Bonchev–Trinajstić information content (AvgIpc) is 2.33. The first kappa shape index (κ1) is 14.4. The molecule has 2 atom stereocenters. The number of carbonyl (C=O) groups is 1. The Morgan fingerprint density at radius 3 is 2.29 bits per heavy atom. The lowest BCUT2D eigenvalue weighted by Gasteiger charge is -2.52. The van der Waals surface area contributed by atoms with Gasteiger partial charge in [0.1, 0.15) is 5.82 Å². The number of hydrogen-bond donors (Lipinski definition) is 0. The van der Waals surface area contributed by atoms with E-state index in [2.05, 4.69) is 0 Å². The molecular formula is C13H12F3NO3S. The molecule has 0 aromatic heterocycles. The third-order valence-corrected chi connectivity index (χ3v) is 5.73. The SMILES string of the molecule is O=C(Cc1cc(F)c(F)cc1F)N1C2CC1CS(=O)(=O)C2. The van der Waals surface area contributed by atoms with Gasteiger partial charge in [-0.3, -0.25) is 4.79 Å². The molecule has 21 heavy (non-hydrogen) atoms. The quantitative estimate of drug-likeness (QED) is 0.766. The molecule has 1 amide bonds. The van der Waals surface area contributed by atoms with Gasteiger partial charge in [0.2, 0.25) is 5.91 Å². The monoisotopic (exact) mass is 319 g/mol. The van der Waals surface area contributed by atoms with Crippen molar-refractivity contribution in [1.29, 1.82) is 0 Å². The van der Waals surface area contributed by atoms with Crippen molar-refractivity contribution in [2.75, 3.05) is 11.5 Å². The fraction of sp³-hybridized carbons (Fsp3) is 0.462. The fourth-order valence-electron chi connectivity index (χ4n) is 3.01. The maximum atomic E-state index is 13.5. The summed E-state index contributed by atoms with van der Waals surface area (Å²) in [6.07, 6.45) is 0.210. The van der Waals surface area contributed by atoms with Gasteiger partial charge in [-0.15, -0.1) is 0 Å². The van der Waals surface area contributed by atoms with Gasteiger partial charge in [0.05, 0.1) is 17.9 Å². The predicted octanol–water partition coefficient (Wildman–Crippen LogP) is 1.04. The highest BCUT2D eigenvalue weighted by molar-refractivity contribution is 7.91. The minimum Gasteiger partial charge on any atom is -0.334 e. The number of hydrogen-bond acceptors (Lipinski definition) is 3. The summed E-state index contributed by atoms with van der Waals surface area (Å²) in [7, 11) is -3.12. The summed E-state index contributed by atoms with van der Waals surface area (Å²) in [4.78, 5) is 13.5. The van der Waals surface area contributed by atoms with E-state index in [-0.39, 0.29) is 29.2 Å². The zero-order valence-electron chi connectivity index (χ0n) is 10.9. The Morgan fingerprint density at radius 1 is 1.10 bits per heavy atom. The summed E-state index contributed by atoms with van der Waals surface area (Å²) < 4.78 is 62.4. The van der Waals surface area contributed by atoms with Crippen molar-refractivity contribution in [3.63, 3.8) is 0 Å². The summed E-state index contributed by atoms with van der Waals surface area (Å²) >= 11 is 0. The number of nitrogens with zero attached hydrogens (tertiary/aromatic N) is 1. The Kier molecular flexibility index (Phi) is 3.23. The molecule has 8 heteroatoms.